The van der Waals surface area contributed by atoms with E-state index in [0.717, 1.165) is 63.3 Å². The summed E-state index contributed by atoms with van der Waals surface area (Å²) in [6.07, 6.45) is 15.9. The average Bonchev–Trinajstić information content (AvgIpc) is 2.82. The predicted molar refractivity (Wildman–Crippen MR) is 127 cm³/mol. The third-order valence-electron chi connectivity index (χ3n) is 6.75. The number of esters is 1. The van der Waals surface area contributed by atoms with E-state index in [1.807, 2.05) is 0 Å². The molecule has 1 aliphatic carbocycles. The Morgan fingerprint density at radius 3 is 2.53 bits per heavy atom. The minimum Gasteiger partial charge on any atom is -0.433 e. The normalized spacial score (nSPS) is 26.9. The summed E-state index contributed by atoms with van der Waals surface area (Å²) in [6.45, 7) is 11.5. The molecule has 6 nitrogen and oxygen atoms in total. The molecule has 1 N–H and O–H groups in total. The van der Waals surface area contributed by atoms with Gasteiger partial charge < -0.3 is 14.8 Å². The van der Waals surface area contributed by atoms with Crippen molar-refractivity contribution in [2.75, 3.05) is 19.8 Å². The molecule has 6 heteroatoms. The molecule has 184 valence electrons. The topological polar surface area (TPSA) is 66.0 Å². The van der Waals surface area contributed by atoms with E-state index in [9.17, 15) is 4.79 Å². The first-order valence-corrected chi connectivity index (χ1v) is 12.7. The minimum atomic E-state index is -0.437. The largest absolute Gasteiger partial charge is 0.433 e. The molecule has 0 radical (unpaired) electrons. The number of rotatable bonds is 16. The Morgan fingerprint density at radius 2 is 1.88 bits per heavy atom. The molecule has 2 fully saturated rings. The van der Waals surface area contributed by atoms with Crippen LogP contribution in [0.15, 0.2) is 25.3 Å². The molecule has 3 atom stereocenters. The zero-order valence-electron chi connectivity index (χ0n) is 20.1. The molecule has 0 aromatic carbocycles. The summed E-state index contributed by atoms with van der Waals surface area (Å²) in [7, 11) is 0. The number of nitrogens with one attached hydrogen (secondary N) is 1. The molecule has 0 aromatic heterocycles. The number of carbonyl (C=O) groups excluding carboxylic acids is 1. The molecular formula is C26H45NO5. The van der Waals surface area contributed by atoms with Gasteiger partial charge in [-0.3, -0.25) is 0 Å². The van der Waals surface area contributed by atoms with E-state index in [1.165, 1.54) is 38.2 Å². The Bertz CT molecular complexity index is 524. The van der Waals surface area contributed by atoms with E-state index < -0.39 is 12.3 Å². The summed E-state index contributed by atoms with van der Waals surface area (Å²) in [4.78, 5) is 21.8. The Hall–Kier alpha value is -1.21. The highest BCUT2D eigenvalue weighted by atomic mass is 17.2. The zero-order chi connectivity index (χ0) is 23.0. The van der Waals surface area contributed by atoms with E-state index >= 15 is 0 Å². The lowest BCUT2D eigenvalue weighted by molar-refractivity contribution is -0.286. The quantitative estimate of drug-likeness (QED) is 0.0637. The maximum absolute atomic E-state index is 11.7. The van der Waals surface area contributed by atoms with Crippen LogP contribution >= 0.6 is 0 Å². The van der Waals surface area contributed by atoms with Gasteiger partial charge in [-0.05, 0) is 76.2 Å². The van der Waals surface area contributed by atoms with Crippen molar-refractivity contribution in [1.82, 2.24) is 5.32 Å². The monoisotopic (exact) mass is 451 g/mol. The van der Waals surface area contributed by atoms with E-state index in [2.05, 4.69) is 25.4 Å². The van der Waals surface area contributed by atoms with Crippen molar-refractivity contribution in [3.63, 3.8) is 0 Å². The number of hydrogen-bond acceptors (Lipinski definition) is 6. The van der Waals surface area contributed by atoms with Gasteiger partial charge in [0.1, 0.15) is 6.61 Å². The fourth-order valence-corrected chi connectivity index (χ4v) is 4.91. The highest BCUT2D eigenvalue weighted by Gasteiger charge is 2.32. The molecule has 1 saturated heterocycles. The zero-order valence-corrected chi connectivity index (χ0v) is 20.1. The van der Waals surface area contributed by atoms with Gasteiger partial charge in [-0.2, -0.15) is 0 Å². The molecule has 0 spiro atoms. The molecule has 1 aliphatic heterocycles. The third-order valence-corrected chi connectivity index (χ3v) is 6.75. The first kappa shape index (κ1) is 27.0. The Morgan fingerprint density at radius 1 is 1.06 bits per heavy atom. The highest BCUT2D eigenvalue weighted by Crippen LogP contribution is 2.33. The first-order chi connectivity index (χ1) is 15.7. The molecule has 0 aromatic rings. The van der Waals surface area contributed by atoms with Crippen LogP contribution in [-0.2, 0) is 24.0 Å². The standard InChI is InChI=1S/C26H45NO5/c1-4-7-8-11-26(32-25(28)6-3)31-23-15-13-22(14-16-23)24-17-12-21(20-27-24)10-9-19-30-29-18-5-2/h5-6,21-24,26-27H,2-4,7-20H2,1H3. The first-order valence-electron chi connectivity index (χ1n) is 12.7. The van der Waals surface area contributed by atoms with Gasteiger partial charge in [0.05, 0.1) is 12.7 Å². The second-order valence-corrected chi connectivity index (χ2v) is 9.23. The van der Waals surface area contributed by atoms with Gasteiger partial charge in [-0.15, -0.1) is 6.58 Å². The molecular weight excluding hydrogens is 406 g/mol. The van der Waals surface area contributed by atoms with Crippen molar-refractivity contribution in [3.05, 3.63) is 25.3 Å². The molecule has 2 rings (SSSR count). The van der Waals surface area contributed by atoms with Crippen LogP contribution < -0.4 is 5.32 Å². The van der Waals surface area contributed by atoms with Gasteiger partial charge in [0, 0.05) is 18.5 Å². The maximum atomic E-state index is 11.7. The molecule has 1 heterocycles. The fraction of sp³-hybridized carbons (Fsp3) is 0.808. The van der Waals surface area contributed by atoms with Gasteiger partial charge in [0.15, 0.2) is 0 Å². The van der Waals surface area contributed by atoms with Crippen LogP contribution in [0.5, 0.6) is 0 Å². The van der Waals surface area contributed by atoms with Crippen molar-refractivity contribution >= 4 is 5.97 Å². The van der Waals surface area contributed by atoms with Crippen LogP contribution in [0.25, 0.3) is 0 Å². The number of unbranched alkanes of at least 4 members (excludes halogenated alkanes) is 2. The fourth-order valence-electron chi connectivity index (χ4n) is 4.91. The highest BCUT2D eigenvalue weighted by molar-refractivity contribution is 5.81. The van der Waals surface area contributed by atoms with Crippen LogP contribution in [0.2, 0.25) is 0 Å². The molecule has 2 aliphatic rings. The summed E-state index contributed by atoms with van der Waals surface area (Å²) in [5.74, 6) is 1.06. The van der Waals surface area contributed by atoms with E-state index in [4.69, 9.17) is 19.2 Å². The van der Waals surface area contributed by atoms with Gasteiger partial charge in [0.2, 0.25) is 6.29 Å². The van der Waals surface area contributed by atoms with Crippen molar-refractivity contribution < 1.29 is 24.0 Å². The lowest BCUT2D eigenvalue weighted by atomic mass is 9.78. The van der Waals surface area contributed by atoms with Crippen LogP contribution in [0.1, 0.15) is 84.0 Å². The molecule has 32 heavy (non-hydrogen) atoms. The maximum Gasteiger partial charge on any atom is 0.332 e. The lowest BCUT2D eigenvalue weighted by Gasteiger charge is -2.39. The summed E-state index contributed by atoms with van der Waals surface area (Å²) in [5.41, 5.74) is 0. The molecule has 0 bridgehead atoms. The second kappa shape index (κ2) is 16.4. The smallest absolute Gasteiger partial charge is 0.332 e. The Balaban J connectivity index is 1.63. The van der Waals surface area contributed by atoms with E-state index in [0.29, 0.717) is 19.3 Å². The van der Waals surface area contributed by atoms with E-state index in [1.54, 1.807) is 6.08 Å². The van der Waals surface area contributed by atoms with Crippen LogP contribution in [0.4, 0.5) is 0 Å². The average molecular weight is 452 g/mol. The van der Waals surface area contributed by atoms with Gasteiger partial charge in [0.25, 0.3) is 0 Å². The summed E-state index contributed by atoms with van der Waals surface area (Å²) < 4.78 is 11.7. The van der Waals surface area contributed by atoms with Crippen molar-refractivity contribution in [2.24, 2.45) is 11.8 Å². The summed E-state index contributed by atoms with van der Waals surface area (Å²) >= 11 is 0. The van der Waals surface area contributed by atoms with Gasteiger partial charge >= 0.3 is 5.97 Å². The molecule has 0 amide bonds. The number of hydrogen-bond donors (Lipinski definition) is 1. The Labute approximate surface area is 195 Å². The number of carbonyl (C=O) groups is 1. The summed E-state index contributed by atoms with van der Waals surface area (Å²) in [5, 5.41) is 3.82. The van der Waals surface area contributed by atoms with Crippen molar-refractivity contribution in [1.29, 1.82) is 0 Å². The van der Waals surface area contributed by atoms with Gasteiger partial charge in [-0.25, -0.2) is 14.6 Å². The minimum absolute atomic E-state index is 0.190. The lowest BCUT2D eigenvalue weighted by Crippen LogP contribution is -2.45. The summed E-state index contributed by atoms with van der Waals surface area (Å²) in [6, 6.07) is 0.623. The van der Waals surface area contributed by atoms with Crippen molar-refractivity contribution in [2.45, 2.75) is 102 Å². The van der Waals surface area contributed by atoms with Crippen LogP contribution in [0.3, 0.4) is 0 Å². The second-order valence-electron chi connectivity index (χ2n) is 9.23. The number of piperidine rings is 1. The molecule has 3 unspecified atom stereocenters. The molecule has 1 saturated carbocycles. The van der Waals surface area contributed by atoms with Crippen LogP contribution in [0, 0.1) is 11.8 Å². The Kier molecular flexibility index (Phi) is 13.9. The van der Waals surface area contributed by atoms with Crippen LogP contribution in [-0.4, -0.2) is 44.2 Å². The van der Waals surface area contributed by atoms with Gasteiger partial charge in [-0.1, -0.05) is 32.4 Å². The third kappa shape index (κ3) is 10.6. The predicted octanol–water partition coefficient (Wildman–Crippen LogP) is 5.48. The SMILES string of the molecule is C=CCOOCCCC1CCC(C2CCC(OC(CCCCC)OC(=O)C=C)CC2)NC1. The van der Waals surface area contributed by atoms with E-state index in [-0.39, 0.29) is 6.10 Å². The number of ether oxygens (including phenoxy) is 2. The van der Waals surface area contributed by atoms with Crippen molar-refractivity contribution in [3.8, 4) is 0 Å².